The number of Topliss-reactive ketones (excluding diaryl/α,β-unsaturated/α-hetero) is 1. The maximum atomic E-state index is 12.9. The monoisotopic (exact) mass is 397 g/mol. The Balaban J connectivity index is 1.79. The maximum absolute atomic E-state index is 12.9. The number of benzene rings is 1. The van der Waals surface area contributed by atoms with Crippen molar-refractivity contribution in [2.24, 2.45) is 0 Å². The van der Waals surface area contributed by atoms with E-state index >= 15 is 0 Å². The van der Waals surface area contributed by atoms with E-state index in [0.717, 1.165) is 17.7 Å². The fraction of sp³-hybridized carbons (Fsp3) is 0.364. The van der Waals surface area contributed by atoms with Crippen molar-refractivity contribution < 1.29 is 28.6 Å². The van der Waals surface area contributed by atoms with Crippen molar-refractivity contribution in [1.29, 1.82) is 0 Å². The van der Waals surface area contributed by atoms with Gasteiger partial charge in [0, 0.05) is 32.2 Å². The molecule has 2 aliphatic rings. The van der Waals surface area contributed by atoms with Gasteiger partial charge in [-0.25, -0.2) is 0 Å². The van der Waals surface area contributed by atoms with Crippen molar-refractivity contribution in [2.45, 2.75) is 25.8 Å². The van der Waals surface area contributed by atoms with E-state index in [1.165, 1.54) is 4.90 Å². The Morgan fingerprint density at radius 1 is 1.28 bits per heavy atom. The standard InChI is InChI=1S/C22H23NO6/c1-13-4-6-17(29-13)19-18(21(25)22(26)23(19)9-3-10-27-2)20(24)15-5-7-16-14(12-15)8-11-28-16/h4-7,12,19,24H,3,8-11H2,1-2H3/b20-18-. The van der Waals surface area contributed by atoms with E-state index in [2.05, 4.69) is 0 Å². The number of hydrogen-bond donors (Lipinski definition) is 1. The van der Waals surface area contributed by atoms with E-state index in [1.54, 1.807) is 44.4 Å². The molecule has 0 bridgehead atoms. The number of aliphatic hydroxyl groups excluding tert-OH is 1. The zero-order chi connectivity index (χ0) is 20.5. The Bertz CT molecular complexity index is 989. The molecule has 0 radical (unpaired) electrons. The van der Waals surface area contributed by atoms with Gasteiger partial charge in [-0.1, -0.05) is 0 Å². The molecule has 152 valence electrons. The van der Waals surface area contributed by atoms with Crippen LogP contribution in [0.15, 0.2) is 40.3 Å². The summed E-state index contributed by atoms with van der Waals surface area (Å²) >= 11 is 0. The summed E-state index contributed by atoms with van der Waals surface area (Å²) in [5, 5.41) is 11.0. The molecule has 1 N–H and O–H groups in total. The molecular weight excluding hydrogens is 374 g/mol. The first-order valence-electron chi connectivity index (χ1n) is 9.61. The van der Waals surface area contributed by atoms with Gasteiger partial charge in [0.2, 0.25) is 0 Å². The van der Waals surface area contributed by atoms with Gasteiger partial charge >= 0.3 is 0 Å². The van der Waals surface area contributed by atoms with Gasteiger partial charge < -0.3 is 23.9 Å². The highest BCUT2D eigenvalue weighted by Gasteiger charge is 2.47. The number of likely N-dealkylation sites (tertiary alicyclic amines) is 1. The topological polar surface area (TPSA) is 89.2 Å². The zero-order valence-electron chi connectivity index (χ0n) is 16.4. The number of hydrogen-bond acceptors (Lipinski definition) is 6. The Labute approximate surface area is 168 Å². The van der Waals surface area contributed by atoms with Gasteiger partial charge in [0.05, 0.1) is 12.2 Å². The fourth-order valence-electron chi connectivity index (χ4n) is 3.88. The number of ether oxygens (including phenoxy) is 2. The minimum Gasteiger partial charge on any atom is -0.507 e. The molecule has 1 unspecified atom stereocenters. The van der Waals surface area contributed by atoms with Gasteiger partial charge in [-0.2, -0.15) is 0 Å². The number of carbonyl (C=O) groups excluding carboxylic acids is 2. The van der Waals surface area contributed by atoms with Crippen LogP contribution < -0.4 is 4.74 Å². The van der Waals surface area contributed by atoms with Crippen LogP contribution in [0.3, 0.4) is 0 Å². The highest BCUT2D eigenvalue weighted by molar-refractivity contribution is 6.46. The van der Waals surface area contributed by atoms with Gasteiger partial charge in [0.25, 0.3) is 11.7 Å². The van der Waals surface area contributed by atoms with Crippen LogP contribution in [0.2, 0.25) is 0 Å². The van der Waals surface area contributed by atoms with Gasteiger partial charge in [0.1, 0.15) is 29.1 Å². The second-order valence-corrected chi connectivity index (χ2v) is 7.21. The van der Waals surface area contributed by atoms with Crippen LogP contribution in [0.25, 0.3) is 5.76 Å². The zero-order valence-corrected chi connectivity index (χ0v) is 16.4. The van der Waals surface area contributed by atoms with Crippen molar-refractivity contribution in [3.63, 3.8) is 0 Å². The first-order chi connectivity index (χ1) is 14.0. The Kier molecular flexibility index (Phi) is 5.15. The quantitative estimate of drug-likeness (QED) is 0.349. The van der Waals surface area contributed by atoms with E-state index < -0.39 is 17.7 Å². The van der Waals surface area contributed by atoms with E-state index in [4.69, 9.17) is 13.9 Å². The van der Waals surface area contributed by atoms with Crippen molar-refractivity contribution >= 4 is 17.4 Å². The minimum atomic E-state index is -0.773. The largest absolute Gasteiger partial charge is 0.507 e. The van der Waals surface area contributed by atoms with E-state index in [1.807, 2.05) is 0 Å². The molecule has 1 fully saturated rings. The summed E-state index contributed by atoms with van der Waals surface area (Å²) in [6, 6.07) is 8.02. The number of nitrogens with zero attached hydrogens (tertiary/aromatic N) is 1. The molecule has 2 aliphatic heterocycles. The van der Waals surface area contributed by atoms with Gasteiger partial charge in [-0.05, 0) is 49.2 Å². The number of aryl methyl sites for hydroxylation is 1. The van der Waals surface area contributed by atoms with Crippen LogP contribution in [0, 0.1) is 6.92 Å². The van der Waals surface area contributed by atoms with Crippen LogP contribution >= 0.6 is 0 Å². The second-order valence-electron chi connectivity index (χ2n) is 7.21. The van der Waals surface area contributed by atoms with Gasteiger partial charge in [-0.15, -0.1) is 0 Å². The lowest BCUT2D eigenvalue weighted by Crippen LogP contribution is -2.31. The van der Waals surface area contributed by atoms with Crippen molar-refractivity contribution in [2.75, 3.05) is 26.9 Å². The lowest BCUT2D eigenvalue weighted by molar-refractivity contribution is -0.140. The number of aliphatic hydroxyl groups is 1. The maximum Gasteiger partial charge on any atom is 0.295 e. The molecule has 1 aromatic heterocycles. The van der Waals surface area contributed by atoms with Crippen LogP contribution in [0.4, 0.5) is 0 Å². The molecular formula is C22H23NO6. The average molecular weight is 397 g/mol. The number of fused-ring (bicyclic) bond motifs is 1. The average Bonchev–Trinajstić information content (AvgIpc) is 3.41. The Morgan fingerprint density at radius 3 is 2.83 bits per heavy atom. The predicted molar refractivity (Wildman–Crippen MR) is 105 cm³/mol. The number of methoxy groups -OCH3 is 1. The highest BCUT2D eigenvalue weighted by Crippen LogP contribution is 2.40. The molecule has 7 heteroatoms. The summed E-state index contributed by atoms with van der Waals surface area (Å²) in [5.41, 5.74) is 1.49. The summed E-state index contributed by atoms with van der Waals surface area (Å²) < 4.78 is 16.3. The number of rotatable bonds is 6. The molecule has 3 heterocycles. The number of amides is 1. The summed E-state index contributed by atoms with van der Waals surface area (Å²) in [7, 11) is 1.58. The van der Waals surface area contributed by atoms with Gasteiger partial charge in [0.15, 0.2) is 0 Å². The molecule has 29 heavy (non-hydrogen) atoms. The molecule has 1 amide bonds. The van der Waals surface area contributed by atoms with Crippen LogP contribution in [0.5, 0.6) is 5.75 Å². The smallest absolute Gasteiger partial charge is 0.295 e. The molecule has 1 saturated heterocycles. The molecule has 0 spiro atoms. The second kappa shape index (κ2) is 7.75. The van der Waals surface area contributed by atoms with E-state index in [0.29, 0.717) is 43.3 Å². The number of ketones is 1. The van der Waals surface area contributed by atoms with Crippen molar-refractivity contribution in [1.82, 2.24) is 4.90 Å². The SMILES string of the molecule is COCCCN1C(=O)C(=O)/C(=C(\O)c2ccc3c(c2)CCO3)C1c1ccc(C)o1. The van der Waals surface area contributed by atoms with Crippen molar-refractivity contribution in [3.8, 4) is 5.75 Å². The molecule has 0 aliphatic carbocycles. The fourth-order valence-corrected chi connectivity index (χ4v) is 3.88. The third kappa shape index (κ3) is 3.42. The molecule has 1 aromatic carbocycles. The Hall–Kier alpha value is -3.06. The third-order valence-electron chi connectivity index (χ3n) is 5.28. The van der Waals surface area contributed by atoms with Crippen molar-refractivity contribution in [3.05, 3.63) is 58.6 Å². The highest BCUT2D eigenvalue weighted by atomic mass is 16.5. The minimum absolute atomic E-state index is 0.0423. The van der Waals surface area contributed by atoms with E-state index in [9.17, 15) is 14.7 Å². The first-order valence-corrected chi connectivity index (χ1v) is 9.61. The molecule has 2 aromatic rings. The number of furan rings is 1. The molecule has 1 atom stereocenters. The lowest BCUT2D eigenvalue weighted by Gasteiger charge is -2.23. The summed E-state index contributed by atoms with van der Waals surface area (Å²) in [6.45, 7) is 3.16. The van der Waals surface area contributed by atoms with Crippen LogP contribution in [-0.4, -0.2) is 48.6 Å². The third-order valence-corrected chi connectivity index (χ3v) is 5.28. The van der Waals surface area contributed by atoms with Crippen LogP contribution in [-0.2, 0) is 20.7 Å². The summed E-state index contributed by atoms with van der Waals surface area (Å²) in [5.74, 6) is 0.329. The van der Waals surface area contributed by atoms with Gasteiger partial charge in [-0.3, -0.25) is 9.59 Å². The predicted octanol–water partition coefficient (Wildman–Crippen LogP) is 2.98. The summed E-state index contributed by atoms with van der Waals surface area (Å²) in [6.07, 6.45) is 1.30. The lowest BCUT2D eigenvalue weighted by atomic mass is 9.98. The van der Waals surface area contributed by atoms with Crippen LogP contribution in [0.1, 0.15) is 35.1 Å². The molecule has 4 rings (SSSR count). The first kappa shape index (κ1) is 19.3. The van der Waals surface area contributed by atoms with E-state index in [-0.39, 0.29) is 11.3 Å². The molecule has 0 saturated carbocycles. The molecule has 7 nitrogen and oxygen atoms in total. The summed E-state index contributed by atoms with van der Waals surface area (Å²) in [4.78, 5) is 27.1. The number of carbonyl (C=O) groups is 2. The normalized spacial score (nSPS) is 20.2. The Morgan fingerprint density at radius 2 is 2.10 bits per heavy atom.